The second-order valence-electron chi connectivity index (χ2n) is 5.42. The first-order chi connectivity index (χ1) is 12.9. The molecule has 8 heteroatoms. The van der Waals surface area contributed by atoms with Crippen LogP contribution in [-0.4, -0.2) is 37.1 Å². The summed E-state index contributed by atoms with van der Waals surface area (Å²) in [4.78, 5) is 35.6. The lowest BCUT2D eigenvalue weighted by Crippen LogP contribution is -2.17. The highest BCUT2D eigenvalue weighted by atomic mass is 32.2. The molecule has 0 atom stereocenters. The quantitative estimate of drug-likeness (QED) is 0.422. The van der Waals surface area contributed by atoms with Gasteiger partial charge in [0.1, 0.15) is 11.6 Å². The number of nitrogens with one attached hydrogen (secondary N) is 1. The van der Waals surface area contributed by atoms with Gasteiger partial charge in [-0.2, -0.15) is 0 Å². The molecule has 0 aliphatic carbocycles. The van der Waals surface area contributed by atoms with E-state index in [4.69, 9.17) is 9.47 Å². The molecule has 0 spiro atoms. The molecule has 0 saturated heterocycles. The molecule has 0 saturated carbocycles. The zero-order valence-electron chi connectivity index (χ0n) is 14.8. The highest BCUT2D eigenvalue weighted by Gasteiger charge is 2.15. The molecule has 0 heterocycles. The van der Waals surface area contributed by atoms with Gasteiger partial charge in [0.15, 0.2) is 6.61 Å². The zero-order valence-corrected chi connectivity index (χ0v) is 15.6. The van der Waals surface area contributed by atoms with E-state index in [2.05, 4.69) is 5.32 Å². The van der Waals surface area contributed by atoms with Gasteiger partial charge in [-0.25, -0.2) is 4.39 Å². The van der Waals surface area contributed by atoms with Gasteiger partial charge < -0.3 is 14.8 Å². The third-order valence-corrected chi connectivity index (χ3v) is 4.36. The van der Waals surface area contributed by atoms with Gasteiger partial charge in [0.2, 0.25) is 11.7 Å². The average molecular weight is 391 g/mol. The number of Topliss-reactive ketones (excluding diaryl/α,β-unsaturated/α-hetero) is 1. The monoisotopic (exact) mass is 391 g/mol. The Morgan fingerprint density at radius 2 is 1.81 bits per heavy atom. The van der Waals surface area contributed by atoms with Crippen molar-refractivity contribution in [2.24, 2.45) is 0 Å². The van der Waals surface area contributed by atoms with Gasteiger partial charge >= 0.3 is 5.97 Å². The van der Waals surface area contributed by atoms with Crippen LogP contribution in [0, 0.1) is 5.82 Å². The molecular weight excluding hydrogens is 373 g/mol. The number of esters is 1. The van der Waals surface area contributed by atoms with E-state index in [1.54, 1.807) is 31.4 Å². The van der Waals surface area contributed by atoms with Crippen molar-refractivity contribution in [2.75, 3.05) is 24.8 Å². The minimum atomic E-state index is -0.796. The summed E-state index contributed by atoms with van der Waals surface area (Å²) in [7, 11) is 1.56. The Hall–Kier alpha value is -2.87. The Kier molecular flexibility index (Phi) is 7.36. The SMILES string of the molecule is COc1ccc(SCC(=O)OCC(=O)c2ccc(NC(C)=O)cc2F)cc1. The van der Waals surface area contributed by atoms with Crippen LogP contribution in [0.3, 0.4) is 0 Å². The fourth-order valence-electron chi connectivity index (χ4n) is 2.10. The number of hydrogen-bond donors (Lipinski definition) is 1. The molecule has 0 unspecified atom stereocenters. The number of ketones is 1. The van der Waals surface area contributed by atoms with Crippen LogP contribution < -0.4 is 10.1 Å². The smallest absolute Gasteiger partial charge is 0.316 e. The van der Waals surface area contributed by atoms with Crippen molar-refractivity contribution >= 4 is 35.1 Å². The number of benzene rings is 2. The molecule has 1 amide bonds. The number of carbonyl (C=O) groups is 3. The molecule has 0 bridgehead atoms. The maximum Gasteiger partial charge on any atom is 0.316 e. The summed E-state index contributed by atoms with van der Waals surface area (Å²) in [6.07, 6.45) is 0. The number of halogens is 1. The molecule has 2 aromatic rings. The lowest BCUT2D eigenvalue weighted by atomic mass is 10.1. The first kappa shape index (κ1) is 20.4. The van der Waals surface area contributed by atoms with E-state index in [1.807, 2.05) is 0 Å². The Bertz CT molecular complexity index is 838. The maximum atomic E-state index is 14.0. The third-order valence-electron chi connectivity index (χ3n) is 3.37. The van der Waals surface area contributed by atoms with Gasteiger partial charge in [-0.1, -0.05) is 0 Å². The van der Waals surface area contributed by atoms with Gasteiger partial charge in [-0.05, 0) is 42.5 Å². The first-order valence-corrected chi connectivity index (χ1v) is 8.90. The van der Waals surface area contributed by atoms with Crippen molar-refractivity contribution in [1.82, 2.24) is 0 Å². The highest BCUT2D eigenvalue weighted by molar-refractivity contribution is 8.00. The first-order valence-electron chi connectivity index (χ1n) is 7.92. The van der Waals surface area contributed by atoms with Crippen LogP contribution in [0.2, 0.25) is 0 Å². The van der Waals surface area contributed by atoms with Gasteiger partial charge in [0, 0.05) is 17.5 Å². The van der Waals surface area contributed by atoms with E-state index in [0.29, 0.717) is 5.75 Å². The van der Waals surface area contributed by atoms with Crippen LogP contribution in [0.5, 0.6) is 5.75 Å². The van der Waals surface area contributed by atoms with Crippen LogP contribution in [0.4, 0.5) is 10.1 Å². The van der Waals surface area contributed by atoms with Crippen molar-refractivity contribution in [2.45, 2.75) is 11.8 Å². The van der Waals surface area contributed by atoms with Crippen molar-refractivity contribution in [3.63, 3.8) is 0 Å². The average Bonchev–Trinajstić information content (AvgIpc) is 2.64. The summed E-state index contributed by atoms with van der Waals surface area (Å²) in [5.41, 5.74) is 0.0316. The van der Waals surface area contributed by atoms with Gasteiger partial charge in [-0.3, -0.25) is 14.4 Å². The Balaban J connectivity index is 1.83. The molecule has 27 heavy (non-hydrogen) atoms. The van der Waals surface area contributed by atoms with E-state index in [9.17, 15) is 18.8 Å². The summed E-state index contributed by atoms with van der Waals surface area (Å²) >= 11 is 1.25. The van der Waals surface area contributed by atoms with Gasteiger partial charge in [-0.15, -0.1) is 11.8 Å². The minimum absolute atomic E-state index is 0.0174. The Morgan fingerprint density at radius 3 is 2.41 bits per heavy atom. The summed E-state index contributed by atoms with van der Waals surface area (Å²) < 4.78 is 23.9. The normalized spacial score (nSPS) is 10.2. The molecule has 0 aliphatic heterocycles. The summed E-state index contributed by atoms with van der Waals surface area (Å²) in [5.74, 6) is -1.67. The van der Waals surface area contributed by atoms with Crippen LogP contribution >= 0.6 is 11.8 Å². The molecule has 0 radical (unpaired) electrons. The number of carbonyl (C=O) groups excluding carboxylic acids is 3. The molecule has 2 aromatic carbocycles. The van der Waals surface area contributed by atoms with Crippen LogP contribution in [-0.2, 0) is 14.3 Å². The van der Waals surface area contributed by atoms with Crippen molar-refractivity contribution < 1.29 is 28.2 Å². The maximum absolute atomic E-state index is 14.0. The predicted octanol–water partition coefficient (Wildman–Crippen LogP) is 3.31. The summed E-state index contributed by atoms with van der Waals surface area (Å²) in [5, 5.41) is 2.42. The second kappa shape index (κ2) is 9.72. The van der Waals surface area contributed by atoms with E-state index < -0.39 is 24.2 Å². The zero-order chi connectivity index (χ0) is 19.8. The van der Waals surface area contributed by atoms with E-state index >= 15 is 0 Å². The highest BCUT2D eigenvalue weighted by Crippen LogP contribution is 2.21. The van der Waals surface area contributed by atoms with E-state index in [-0.39, 0.29) is 22.9 Å². The molecule has 2 rings (SSSR count). The number of rotatable bonds is 8. The summed E-state index contributed by atoms with van der Waals surface area (Å²) in [6.45, 7) is 0.735. The number of thioether (sulfide) groups is 1. The molecular formula is C19H18FNO5S. The minimum Gasteiger partial charge on any atom is -0.497 e. The molecule has 0 fully saturated rings. The Labute approximate surface area is 160 Å². The van der Waals surface area contributed by atoms with Crippen molar-refractivity contribution in [3.05, 3.63) is 53.8 Å². The molecule has 0 aromatic heterocycles. The standard InChI is InChI=1S/C19H18FNO5S/c1-12(22)21-13-3-8-16(17(20)9-13)18(23)10-26-19(24)11-27-15-6-4-14(25-2)5-7-15/h3-9H,10-11H2,1-2H3,(H,21,22). The molecule has 6 nitrogen and oxygen atoms in total. The van der Waals surface area contributed by atoms with Crippen LogP contribution in [0.25, 0.3) is 0 Å². The van der Waals surface area contributed by atoms with E-state index in [1.165, 1.54) is 30.8 Å². The predicted molar refractivity (Wildman–Crippen MR) is 99.7 cm³/mol. The Morgan fingerprint density at radius 1 is 1.11 bits per heavy atom. The number of ether oxygens (including phenoxy) is 2. The molecule has 142 valence electrons. The lowest BCUT2D eigenvalue weighted by Gasteiger charge is -2.07. The third kappa shape index (κ3) is 6.41. The second-order valence-corrected chi connectivity index (χ2v) is 6.47. The lowest BCUT2D eigenvalue weighted by molar-refractivity contribution is -0.139. The van der Waals surface area contributed by atoms with Crippen molar-refractivity contribution in [1.29, 1.82) is 0 Å². The number of amides is 1. The van der Waals surface area contributed by atoms with Crippen LogP contribution in [0.1, 0.15) is 17.3 Å². The van der Waals surface area contributed by atoms with Gasteiger partial charge in [0.05, 0.1) is 18.4 Å². The number of anilines is 1. The largest absolute Gasteiger partial charge is 0.497 e. The summed E-state index contributed by atoms with van der Waals surface area (Å²) in [6, 6.07) is 10.8. The fourth-order valence-corrected chi connectivity index (χ4v) is 2.80. The van der Waals surface area contributed by atoms with Crippen LogP contribution in [0.15, 0.2) is 47.4 Å². The number of methoxy groups -OCH3 is 1. The number of hydrogen-bond acceptors (Lipinski definition) is 6. The molecule has 1 N–H and O–H groups in total. The van der Waals surface area contributed by atoms with E-state index in [0.717, 1.165) is 11.0 Å². The fraction of sp³-hybridized carbons (Fsp3) is 0.211. The van der Waals surface area contributed by atoms with Gasteiger partial charge in [0.25, 0.3) is 0 Å². The molecule has 0 aliphatic rings. The van der Waals surface area contributed by atoms with Crippen molar-refractivity contribution in [3.8, 4) is 5.75 Å². The topological polar surface area (TPSA) is 81.7 Å².